The highest BCUT2D eigenvalue weighted by molar-refractivity contribution is 7.92. The molecule has 0 aromatic heterocycles. The number of hydrogen-bond acceptors (Lipinski definition) is 6. The van der Waals surface area contributed by atoms with Crippen molar-refractivity contribution >= 4 is 15.7 Å². The molecule has 0 radical (unpaired) electrons. The zero-order chi connectivity index (χ0) is 22.1. The van der Waals surface area contributed by atoms with Crippen molar-refractivity contribution in [2.45, 2.75) is 29.8 Å². The van der Waals surface area contributed by atoms with Gasteiger partial charge in [0.25, 0.3) is 10.0 Å². The number of hydrogen-bond donors (Lipinski definition) is 4. The Morgan fingerprint density at radius 1 is 0.935 bits per heavy atom. The summed E-state index contributed by atoms with van der Waals surface area (Å²) >= 11 is 0. The fourth-order valence-electron chi connectivity index (χ4n) is 4.76. The lowest BCUT2D eigenvalue weighted by atomic mass is 9.78. The number of rotatable bonds is 2. The molecule has 5 rings (SSSR count). The smallest absolute Gasteiger partial charge is 0.264 e. The molecule has 0 saturated heterocycles. The van der Waals surface area contributed by atoms with Gasteiger partial charge < -0.3 is 20.4 Å². The van der Waals surface area contributed by atoms with E-state index in [0.717, 1.165) is 9.87 Å². The first-order valence-corrected chi connectivity index (χ1v) is 11.2. The van der Waals surface area contributed by atoms with Gasteiger partial charge in [-0.3, -0.25) is 4.31 Å². The van der Waals surface area contributed by atoms with Crippen LogP contribution in [0.15, 0.2) is 59.5 Å². The van der Waals surface area contributed by atoms with Crippen molar-refractivity contribution in [2.24, 2.45) is 0 Å². The van der Waals surface area contributed by atoms with Crippen LogP contribution < -0.4 is 4.31 Å². The van der Waals surface area contributed by atoms with Gasteiger partial charge in [0.15, 0.2) is 11.5 Å². The van der Waals surface area contributed by atoms with Crippen molar-refractivity contribution in [1.82, 2.24) is 0 Å². The summed E-state index contributed by atoms with van der Waals surface area (Å²) in [5, 5.41) is 41.7. The number of aryl methyl sites for hydroxylation is 1. The number of anilines is 1. The van der Waals surface area contributed by atoms with Crippen molar-refractivity contribution in [1.29, 1.82) is 0 Å². The van der Waals surface area contributed by atoms with Gasteiger partial charge in [0.05, 0.1) is 22.7 Å². The minimum Gasteiger partial charge on any atom is -0.508 e. The Balaban J connectivity index is 1.72. The Morgan fingerprint density at radius 2 is 1.61 bits per heavy atom. The lowest BCUT2D eigenvalue weighted by Crippen LogP contribution is -2.52. The predicted octanol–water partition coefficient (Wildman–Crippen LogP) is 2.74. The monoisotopic (exact) mass is 439 g/mol. The van der Waals surface area contributed by atoms with E-state index in [9.17, 15) is 28.8 Å². The van der Waals surface area contributed by atoms with E-state index in [-0.39, 0.29) is 40.8 Å². The molecule has 31 heavy (non-hydrogen) atoms. The average Bonchev–Trinajstić information content (AvgIpc) is 2.99. The van der Waals surface area contributed by atoms with Crippen molar-refractivity contribution in [3.63, 3.8) is 0 Å². The van der Waals surface area contributed by atoms with E-state index in [1.54, 1.807) is 18.2 Å². The highest BCUT2D eigenvalue weighted by Crippen LogP contribution is 2.54. The number of β-amino-alcohol motifs (C(OH)–C–C–N with tert-alkyl or cyclic N) is 1. The number of nitrogens with zero attached hydrogens (tertiary/aromatic N) is 1. The first-order chi connectivity index (χ1) is 14.6. The lowest BCUT2D eigenvalue weighted by Gasteiger charge is -2.43. The van der Waals surface area contributed by atoms with Crippen molar-refractivity contribution < 1.29 is 28.8 Å². The Morgan fingerprint density at radius 3 is 2.32 bits per heavy atom. The molecule has 3 aromatic carbocycles. The van der Waals surface area contributed by atoms with Crippen LogP contribution in [0.3, 0.4) is 0 Å². The molecule has 8 heteroatoms. The minimum absolute atomic E-state index is 0.0836. The van der Waals surface area contributed by atoms with Crippen LogP contribution in [-0.4, -0.2) is 41.0 Å². The van der Waals surface area contributed by atoms with Gasteiger partial charge in [-0.05, 0) is 53.9 Å². The first-order valence-electron chi connectivity index (χ1n) is 9.80. The SMILES string of the molecule is Cc1ccc(S(=O)(=O)N2CC3(O)Cc4cc(O)c(O)cc4C3c3ccc(O)cc32)cc1. The van der Waals surface area contributed by atoms with E-state index in [1.807, 2.05) is 6.92 Å². The van der Waals surface area contributed by atoms with Crippen LogP contribution in [0.25, 0.3) is 0 Å². The summed E-state index contributed by atoms with van der Waals surface area (Å²) in [6.07, 6.45) is 0.112. The van der Waals surface area contributed by atoms with Crippen LogP contribution in [0.2, 0.25) is 0 Å². The molecule has 4 N–H and O–H groups in total. The highest BCUT2D eigenvalue weighted by Gasteiger charge is 2.53. The molecule has 0 bridgehead atoms. The molecular weight excluding hydrogens is 418 g/mol. The van der Waals surface area contributed by atoms with Gasteiger partial charge in [-0.15, -0.1) is 0 Å². The first kappa shape index (κ1) is 19.7. The quantitative estimate of drug-likeness (QED) is 0.456. The summed E-state index contributed by atoms with van der Waals surface area (Å²) in [5.74, 6) is -1.32. The second-order valence-corrected chi connectivity index (χ2v) is 10.2. The van der Waals surface area contributed by atoms with Gasteiger partial charge in [0.2, 0.25) is 0 Å². The van der Waals surface area contributed by atoms with Crippen molar-refractivity contribution in [3.8, 4) is 17.2 Å². The van der Waals surface area contributed by atoms with Crippen LogP contribution in [0.5, 0.6) is 17.2 Å². The van der Waals surface area contributed by atoms with Crippen molar-refractivity contribution in [3.05, 3.63) is 76.9 Å². The Hall–Kier alpha value is -3.23. The fourth-order valence-corrected chi connectivity index (χ4v) is 6.31. The largest absolute Gasteiger partial charge is 0.508 e. The molecule has 1 aliphatic heterocycles. The van der Waals surface area contributed by atoms with Crippen LogP contribution in [0.4, 0.5) is 5.69 Å². The summed E-state index contributed by atoms with van der Waals surface area (Å²) in [7, 11) is -4.03. The van der Waals surface area contributed by atoms with E-state index < -0.39 is 21.5 Å². The standard InChI is InChI=1S/C23H21NO6S/c1-13-2-5-16(6-3-13)31(29,30)24-12-23(28)11-14-8-20(26)21(27)10-18(14)22(23)17-7-4-15(25)9-19(17)24/h2-10,22,25-28H,11-12H2,1H3. The zero-order valence-corrected chi connectivity index (χ0v) is 17.5. The van der Waals surface area contributed by atoms with E-state index in [1.165, 1.54) is 36.4 Å². The van der Waals surface area contributed by atoms with Crippen LogP contribution in [0, 0.1) is 6.92 Å². The summed E-state index contributed by atoms with van der Waals surface area (Å²) in [6, 6.07) is 13.7. The maximum atomic E-state index is 13.5. The molecule has 3 aromatic rings. The normalized spacial score (nSPS) is 22.0. The van der Waals surface area contributed by atoms with Gasteiger partial charge in [-0.1, -0.05) is 23.8 Å². The van der Waals surface area contributed by atoms with Crippen LogP contribution >= 0.6 is 0 Å². The highest BCUT2D eigenvalue weighted by atomic mass is 32.2. The third-order valence-electron chi connectivity index (χ3n) is 6.20. The molecule has 1 aliphatic carbocycles. The third kappa shape index (κ3) is 2.86. The Labute approximate surface area is 179 Å². The van der Waals surface area contributed by atoms with E-state index in [2.05, 4.69) is 0 Å². The van der Waals surface area contributed by atoms with Crippen LogP contribution in [0.1, 0.15) is 28.2 Å². The number of fused-ring (bicyclic) bond motifs is 5. The molecule has 7 nitrogen and oxygen atoms in total. The van der Waals surface area contributed by atoms with Gasteiger partial charge in [0.1, 0.15) is 5.75 Å². The van der Waals surface area contributed by atoms with Crippen molar-refractivity contribution in [2.75, 3.05) is 10.8 Å². The molecule has 1 heterocycles. The zero-order valence-electron chi connectivity index (χ0n) is 16.6. The van der Waals surface area contributed by atoms with Gasteiger partial charge >= 0.3 is 0 Å². The van der Waals surface area contributed by atoms with Crippen LogP contribution in [-0.2, 0) is 16.4 Å². The summed E-state index contributed by atoms with van der Waals surface area (Å²) in [5.41, 5.74) is 1.49. The number of phenols is 3. The predicted molar refractivity (Wildman–Crippen MR) is 114 cm³/mol. The topological polar surface area (TPSA) is 118 Å². The molecule has 2 atom stereocenters. The second kappa shape index (κ2) is 6.38. The Kier molecular flexibility index (Phi) is 4.06. The second-order valence-electron chi connectivity index (χ2n) is 8.32. The number of aliphatic hydroxyl groups is 1. The molecule has 160 valence electrons. The maximum absolute atomic E-state index is 13.5. The summed E-state index contributed by atoms with van der Waals surface area (Å²) < 4.78 is 28.2. The third-order valence-corrected chi connectivity index (χ3v) is 7.98. The van der Waals surface area contributed by atoms with E-state index in [0.29, 0.717) is 16.7 Å². The molecule has 2 aliphatic rings. The molecule has 2 unspecified atom stereocenters. The molecule has 0 amide bonds. The minimum atomic E-state index is -4.03. The number of benzene rings is 3. The van der Waals surface area contributed by atoms with E-state index in [4.69, 9.17) is 0 Å². The number of phenolic OH excluding ortho intramolecular Hbond substituents is 3. The number of sulfonamides is 1. The lowest BCUT2D eigenvalue weighted by molar-refractivity contribution is 0.0415. The maximum Gasteiger partial charge on any atom is 0.264 e. The Bertz CT molecular complexity index is 1320. The molecule has 0 fully saturated rings. The van der Waals surface area contributed by atoms with Gasteiger partial charge in [-0.25, -0.2) is 8.42 Å². The molecular formula is C23H21NO6S. The summed E-state index contributed by atoms with van der Waals surface area (Å²) in [4.78, 5) is 0.0836. The number of aromatic hydroxyl groups is 3. The molecule has 0 spiro atoms. The molecule has 0 saturated carbocycles. The fraction of sp³-hybridized carbons (Fsp3) is 0.217. The summed E-state index contributed by atoms with van der Waals surface area (Å²) in [6.45, 7) is 1.62. The average molecular weight is 439 g/mol. The van der Waals surface area contributed by atoms with Gasteiger partial charge in [0, 0.05) is 18.4 Å². The van der Waals surface area contributed by atoms with E-state index >= 15 is 0 Å². The van der Waals surface area contributed by atoms with Gasteiger partial charge in [-0.2, -0.15) is 0 Å².